The average Bonchev–Trinajstić information content (AvgIpc) is 2.89. The summed E-state index contributed by atoms with van der Waals surface area (Å²) in [6.07, 6.45) is 26.2. The minimum absolute atomic E-state index is 0.108. The molecule has 1 aromatic rings. The maximum atomic E-state index is 12.2. The van der Waals surface area contributed by atoms with E-state index in [4.69, 9.17) is 9.47 Å². The molecule has 0 atom stereocenters. The van der Waals surface area contributed by atoms with Gasteiger partial charge in [-0.1, -0.05) is 129 Å². The zero-order valence-corrected chi connectivity index (χ0v) is 24.0. The monoisotopic (exact) mass is 503 g/mol. The maximum absolute atomic E-state index is 12.2. The van der Waals surface area contributed by atoms with Crippen LogP contribution in [0.25, 0.3) is 0 Å². The van der Waals surface area contributed by atoms with Gasteiger partial charge in [0.05, 0.1) is 13.2 Å². The van der Waals surface area contributed by atoms with Gasteiger partial charge in [0.2, 0.25) is 0 Å². The van der Waals surface area contributed by atoms with Crippen LogP contribution in [0.3, 0.4) is 0 Å². The fourth-order valence-electron chi connectivity index (χ4n) is 4.57. The first kappa shape index (κ1) is 32.3. The van der Waals surface area contributed by atoms with Gasteiger partial charge in [0.25, 0.3) is 5.91 Å². The van der Waals surface area contributed by atoms with Gasteiger partial charge in [-0.2, -0.15) is 0 Å². The summed E-state index contributed by atoms with van der Waals surface area (Å²) in [6.45, 7) is 5.91. The molecule has 1 aromatic carbocycles. The number of hydrogen-bond acceptors (Lipinski definition) is 3. The number of amides is 1. The van der Waals surface area contributed by atoms with Crippen LogP contribution in [-0.4, -0.2) is 26.2 Å². The quantitative estimate of drug-likeness (QED) is 0.135. The van der Waals surface area contributed by atoms with E-state index >= 15 is 0 Å². The van der Waals surface area contributed by atoms with Crippen LogP contribution in [-0.2, 0) is 0 Å². The van der Waals surface area contributed by atoms with E-state index in [1.807, 2.05) is 18.2 Å². The highest BCUT2D eigenvalue weighted by atomic mass is 16.5. The largest absolute Gasteiger partial charge is 0.493 e. The van der Waals surface area contributed by atoms with Gasteiger partial charge in [0.1, 0.15) is 11.5 Å². The Bertz CT molecular complexity index is 602. The predicted octanol–water partition coefficient (Wildman–Crippen LogP) is 9.65. The Morgan fingerprint density at radius 2 is 0.889 bits per heavy atom. The third-order valence-corrected chi connectivity index (χ3v) is 6.90. The molecular formula is C32H57NO3. The SMILES string of the molecule is CCCCCCCCCCCCOc1cc(OCCCCCCCCCCCC)cc(C(=O)NC)c1. The second-order valence-electron chi connectivity index (χ2n) is 10.3. The molecule has 208 valence electrons. The molecule has 0 aliphatic carbocycles. The van der Waals surface area contributed by atoms with Gasteiger partial charge in [0.15, 0.2) is 0 Å². The molecule has 0 unspecified atom stereocenters. The lowest BCUT2D eigenvalue weighted by molar-refractivity contribution is 0.0962. The lowest BCUT2D eigenvalue weighted by Crippen LogP contribution is -2.18. The molecule has 0 heterocycles. The van der Waals surface area contributed by atoms with Gasteiger partial charge in [-0.25, -0.2) is 0 Å². The molecule has 0 aromatic heterocycles. The van der Waals surface area contributed by atoms with Crippen molar-refractivity contribution in [3.63, 3.8) is 0 Å². The molecule has 1 amide bonds. The van der Waals surface area contributed by atoms with Gasteiger partial charge in [-0.3, -0.25) is 4.79 Å². The van der Waals surface area contributed by atoms with Crippen LogP contribution < -0.4 is 14.8 Å². The van der Waals surface area contributed by atoms with Gasteiger partial charge in [-0.15, -0.1) is 0 Å². The van der Waals surface area contributed by atoms with Gasteiger partial charge in [0, 0.05) is 18.7 Å². The highest BCUT2D eigenvalue weighted by Gasteiger charge is 2.09. The Morgan fingerprint density at radius 1 is 0.556 bits per heavy atom. The van der Waals surface area contributed by atoms with Crippen LogP contribution in [0.1, 0.15) is 153 Å². The second kappa shape index (κ2) is 23.7. The Morgan fingerprint density at radius 3 is 1.22 bits per heavy atom. The summed E-state index contributed by atoms with van der Waals surface area (Å²) in [6, 6.07) is 5.57. The summed E-state index contributed by atoms with van der Waals surface area (Å²) in [5, 5.41) is 2.71. The number of carbonyl (C=O) groups excluding carboxylic acids is 1. The van der Waals surface area contributed by atoms with Crippen molar-refractivity contribution in [2.24, 2.45) is 0 Å². The molecule has 0 saturated carbocycles. The summed E-state index contributed by atoms with van der Waals surface area (Å²) in [7, 11) is 1.66. The molecule has 4 heteroatoms. The van der Waals surface area contributed by atoms with Crippen molar-refractivity contribution < 1.29 is 14.3 Å². The molecule has 0 aliphatic heterocycles. The predicted molar refractivity (Wildman–Crippen MR) is 155 cm³/mol. The first-order valence-corrected chi connectivity index (χ1v) is 15.3. The molecule has 0 bridgehead atoms. The number of nitrogens with one attached hydrogen (secondary N) is 1. The summed E-state index contributed by atoms with van der Waals surface area (Å²) < 4.78 is 12.0. The van der Waals surface area contributed by atoms with Gasteiger partial charge in [-0.05, 0) is 25.0 Å². The van der Waals surface area contributed by atoms with Crippen LogP contribution in [0.4, 0.5) is 0 Å². The van der Waals surface area contributed by atoms with Crippen molar-refractivity contribution in [3.8, 4) is 11.5 Å². The summed E-state index contributed by atoms with van der Waals surface area (Å²) in [5.74, 6) is 1.35. The molecule has 1 rings (SSSR count). The van der Waals surface area contributed by atoms with Crippen molar-refractivity contribution in [2.45, 2.75) is 142 Å². The Kier molecular flexibility index (Phi) is 21.3. The van der Waals surface area contributed by atoms with E-state index in [9.17, 15) is 4.79 Å². The second-order valence-corrected chi connectivity index (χ2v) is 10.3. The average molecular weight is 504 g/mol. The molecular weight excluding hydrogens is 446 g/mol. The normalized spacial score (nSPS) is 11.0. The fourth-order valence-corrected chi connectivity index (χ4v) is 4.57. The number of rotatable bonds is 25. The number of unbranched alkanes of at least 4 members (excludes halogenated alkanes) is 18. The molecule has 0 aliphatic rings. The Labute approximate surface area is 223 Å². The van der Waals surface area contributed by atoms with Crippen LogP contribution >= 0.6 is 0 Å². The Balaban J connectivity index is 2.24. The number of ether oxygens (including phenoxy) is 2. The third kappa shape index (κ3) is 17.7. The van der Waals surface area contributed by atoms with E-state index in [0.717, 1.165) is 24.3 Å². The topological polar surface area (TPSA) is 47.6 Å². The Hall–Kier alpha value is -1.71. The third-order valence-electron chi connectivity index (χ3n) is 6.90. The molecule has 0 saturated heterocycles. The van der Waals surface area contributed by atoms with Crippen molar-refractivity contribution >= 4 is 5.91 Å². The molecule has 0 spiro atoms. The zero-order valence-electron chi connectivity index (χ0n) is 24.0. The van der Waals surface area contributed by atoms with E-state index in [1.165, 1.54) is 116 Å². The van der Waals surface area contributed by atoms with E-state index in [-0.39, 0.29) is 5.91 Å². The van der Waals surface area contributed by atoms with Crippen LogP contribution in [0.5, 0.6) is 11.5 Å². The molecule has 36 heavy (non-hydrogen) atoms. The highest BCUT2D eigenvalue weighted by Crippen LogP contribution is 2.24. The highest BCUT2D eigenvalue weighted by molar-refractivity contribution is 5.94. The smallest absolute Gasteiger partial charge is 0.251 e. The van der Waals surface area contributed by atoms with E-state index in [1.54, 1.807) is 7.05 Å². The van der Waals surface area contributed by atoms with Gasteiger partial charge < -0.3 is 14.8 Å². The molecule has 0 fully saturated rings. The fraction of sp³-hybridized carbons (Fsp3) is 0.781. The van der Waals surface area contributed by atoms with Crippen molar-refractivity contribution in [2.75, 3.05) is 20.3 Å². The summed E-state index contributed by atoms with van der Waals surface area (Å²) in [4.78, 5) is 12.2. The van der Waals surface area contributed by atoms with Crippen molar-refractivity contribution in [1.82, 2.24) is 5.32 Å². The number of hydrogen-bond donors (Lipinski definition) is 1. The maximum Gasteiger partial charge on any atom is 0.251 e. The molecule has 0 radical (unpaired) electrons. The molecule has 1 N–H and O–H groups in total. The summed E-state index contributed by atoms with van der Waals surface area (Å²) >= 11 is 0. The van der Waals surface area contributed by atoms with E-state index in [2.05, 4.69) is 19.2 Å². The van der Waals surface area contributed by atoms with Crippen LogP contribution in [0.2, 0.25) is 0 Å². The van der Waals surface area contributed by atoms with E-state index < -0.39 is 0 Å². The van der Waals surface area contributed by atoms with Crippen molar-refractivity contribution in [1.29, 1.82) is 0 Å². The number of carbonyl (C=O) groups is 1. The standard InChI is InChI=1S/C32H57NO3/c1-4-6-8-10-12-14-16-18-20-22-24-35-30-26-29(32(34)33-3)27-31(28-30)36-25-23-21-19-17-15-13-11-9-7-5-2/h26-28H,4-25H2,1-3H3,(H,33,34). The van der Waals surface area contributed by atoms with Crippen LogP contribution in [0.15, 0.2) is 18.2 Å². The first-order chi connectivity index (χ1) is 17.7. The minimum atomic E-state index is -0.108. The zero-order chi connectivity index (χ0) is 26.1. The lowest BCUT2D eigenvalue weighted by atomic mass is 10.1. The van der Waals surface area contributed by atoms with Gasteiger partial charge >= 0.3 is 0 Å². The lowest BCUT2D eigenvalue weighted by Gasteiger charge is -2.12. The van der Waals surface area contributed by atoms with Crippen molar-refractivity contribution in [3.05, 3.63) is 23.8 Å². The molecule has 4 nitrogen and oxygen atoms in total. The number of benzene rings is 1. The first-order valence-electron chi connectivity index (χ1n) is 15.3. The summed E-state index contributed by atoms with van der Waals surface area (Å²) in [5.41, 5.74) is 0.594. The van der Waals surface area contributed by atoms with Crippen LogP contribution in [0, 0.1) is 0 Å². The van der Waals surface area contributed by atoms with E-state index in [0.29, 0.717) is 18.8 Å². The minimum Gasteiger partial charge on any atom is -0.493 e.